The lowest BCUT2D eigenvalue weighted by Gasteiger charge is -2.47. The van der Waals surface area contributed by atoms with Crippen LogP contribution in [-0.2, 0) is 9.53 Å². The Bertz CT molecular complexity index is 329. The van der Waals surface area contributed by atoms with Gasteiger partial charge in [-0.2, -0.15) is 0 Å². The van der Waals surface area contributed by atoms with Gasteiger partial charge in [0.25, 0.3) is 0 Å². The summed E-state index contributed by atoms with van der Waals surface area (Å²) in [5.41, 5.74) is 0.0112. The van der Waals surface area contributed by atoms with Crippen molar-refractivity contribution in [1.82, 2.24) is 15.5 Å². The Labute approximate surface area is 113 Å². The van der Waals surface area contributed by atoms with Gasteiger partial charge in [0.15, 0.2) is 6.04 Å². The summed E-state index contributed by atoms with van der Waals surface area (Å²) in [6, 6.07) is -1.50. The van der Waals surface area contributed by atoms with Gasteiger partial charge in [-0.1, -0.05) is 0 Å². The molecule has 2 amide bonds. The van der Waals surface area contributed by atoms with Crippen LogP contribution in [0.4, 0.5) is 4.79 Å². The summed E-state index contributed by atoms with van der Waals surface area (Å²) in [6.07, 6.45) is 3.24. The van der Waals surface area contributed by atoms with Crippen LogP contribution >= 0.6 is 0 Å². The van der Waals surface area contributed by atoms with Gasteiger partial charge in [0, 0.05) is 19.2 Å². The van der Waals surface area contributed by atoms with E-state index in [-0.39, 0.29) is 12.1 Å². The normalized spacial score (nSPS) is 18.5. The molecule has 0 aromatic rings. The fourth-order valence-corrected chi connectivity index (χ4v) is 2.16. The van der Waals surface area contributed by atoms with Crippen LogP contribution in [-0.4, -0.2) is 67.9 Å². The van der Waals surface area contributed by atoms with Crippen LogP contribution in [0.5, 0.6) is 0 Å². The summed E-state index contributed by atoms with van der Waals surface area (Å²) in [4.78, 5) is 24.7. The van der Waals surface area contributed by atoms with Crippen molar-refractivity contribution < 1.29 is 19.4 Å². The molecule has 0 aliphatic heterocycles. The molecule has 19 heavy (non-hydrogen) atoms. The van der Waals surface area contributed by atoms with Crippen molar-refractivity contribution in [1.29, 1.82) is 0 Å². The number of nitrogens with zero attached hydrogens (tertiary/aromatic N) is 1. The molecule has 0 aromatic carbocycles. The van der Waals surface area contributed by atoms with Crippen LogP contribution in [0.15, 0.2) is 0 Å². The monoisotopic (exact) mass is 273 g/mol. The molecule has 1 rings (SSSR count). The second kappa shape index (κ2) is 6.72. The largest absolute Gasteiger partial charge is 0.480 e. The van der Waals surface area contributed by atoms with Crippen LogP contribution in [0.2, 0.25) is 0 Å². The first-order valence-electron chi connectivity index (χ1n) is 6.35. The zero-order chi connectivity index (χ0) is 14.5. The molecule has 7 nitrogen and oxygen atoms in total. The van der Waals surface area contributed by atoms with Gasteiger partial charge in [0.2, 0.25) is 0 Å². The second-order valence-corrected chi connectivity index (χ2v) is 5.15. The number of aliphatic carboxylic acids is 1. The Hall–Kier alpha value is -1.34. The zero-order valence-corrected chi connectivity index (χ0v) is 11.7. The van der Waals surface area contributed by atoms with E-state index in [4.69, 9.17) is 9.84 Å². The number of urea groups is 1. The fourth-order valence-electron chi connectivity index (χ4n) is 2.16. The topological polar surface area (TPSA) is 90.9 Å². The number of likely N-dealkylation sites (N-methyl/N-ethyl adjacent to an activating group) is 1. The number of hydrogen-bond acceptors (Lipinski definition) is 4. The van der Waals surface area contributed by atoms with E-state index in [9.17, 15) is 9.59 Å². The van der Waals surface area contributed by atoms with E-state index < -0.39 is 18.0 Å². The lowest BCUT2D eigenvalue weighted by molar-refractivity contribution is -0.140. The summed E-state index contributed by atoms with van der Waals surface area (Å²) >= 11 is 0. The summed E-state index contributed by atoms with van der Waals surface area (Å²) in [5.74, 6) is -1.11. The molecule has 1 fully saturated rings. The third-order valence-electron chi connectivity index (χ3n) is 3.75. The zero-order valence-electron chi connectivity index (χ0n) is 11.7. The smallest absolute Gasteiger partial charge is 0.328 e. The van der Waals surface area contributed by atoms with Crippen LogP contribution in [0.1, 0.15) is 19.3 Å². The first-order valence-corrected chi connectivity index (χ1v) is 6.35. The molecule has 0 saturated heterocycles. The van der Waals surface area contributed by atoms with E-state index in [0.29, 0.717) is 6.54 Å². The maximum atomic E-state index is 11.7. The van der Waals surface area contributed by atoms with Crippen molar-refractivity contribution in [3.63, 3.8) is 0 Å². The lowest BCUT2D eigenvalue weighted by Crippen LogP contribution is -2.59. The van der Waals surface area contributed by atoms with Crippen molar-refractivity contribution in [2.45, 2.75) is 30.8 Å². The standard InChI is InChI=1S/C12H23N3O4/c1-15(2)12(5-4-6-12)8-13-11(18)14-9(7-19-3)10(16)17/h9H,4-8H2,1-3H3,(H,16,17)(H2,13,14,18). The van der Waals surface area contributed by atoms with Gasteiger partial charge >= 0.3 is 12.0 Å². The van der Waals surface area contributed by atoms with Crippen LogP contribution in [0.3, 0.4) is 0 Å². The van der Waals surface area contributed by atoms with Gasteiger partial charge in [0.1, 0.15) is 0 Å². The molecule has 1 saturated carbocycles. The van der Waals surface area contributed by atoms with Gasteiger partial charge in [0.05, 0.1) is 6.61 Å². The highest BCUT2D eigenvalue weighted by Gasteiger charge is 2.39. The molecule has 3 N–H and O–H groups in total. The fraction of sp³-hybridized carbons (Fsp3) is 0.833. The highest BCUT2D eigenvalue weighted by atomic mass is 16.5. The van der Waals surface area contributed by atoms with Crippen LogP contribution in [0, 0.1) is 0 Å². The molecule has 1 aliphatic rings. The van der Waals surface area contributed by atoms with E-state index in [0.717, 1.165) is 19.3 Å². The molecule has 1 unspecified atom stereocenters. The van der Waals surface area contributed by atoms with Gasteiger partial charge < -0.3 is 25.4 Å². The average molecular weight is 273 g/mol. The van der Waals surface area contributed by atoms with E-state index >= 15 is 0 Å². The minimum atomic E-state index is -1.11. The Morgan fingerprint density at radius 3 is 2.42 bits per heavy atom. The highest BCUT2D eigenvalue weighted by molar-refractivity contribution is 5.82. The predicted octanol–water partition coefficient (Wildman–Crippen LogP) is -0.130. The number of ether oxygens (including phenoxy) is 1. The average Bonchev–Trinajstić information content (AvgIpc) is 2.26. The van der Waals surface area contributed by atoms with Crippen molar-refractivity contribution in [2.24, 2.45) is 0 Å². The Balaban J connectivity index is 2.40. The first kappa shape index (κ1) is 15.7. The number of carboxylic acid groups (broad SMARTS) is 1. The third kappa shape index (κ3) is 4.07. The Morgan fingerprint density at radius 2 is 2.05 bits per heavy atom. The summed E-state index contributed by atoms with van der Waals surface area (Å²) in [6.45, 7) is 0.465. The van der Waals surface area contributed by atoms with E-state index in [1.54, 1.807) is 0 Å². The SMILES string of the molecule is COCC(NC(=O)NCC1(N(C)C)CCC1)C(=O)O. The van der Waals surface area contributed by atoms with Gasteiger partial charge in [-0.25, -0.2) is 9.59 Å². The Kier molecular flexibility index (Phi) is 5.56. The third-order valence-corrected chi connectivity index (χ3v) is 3.75. The summed E-state index contributed by atoms with van der Waals surface area (Å²) < 4.78 is 4.75. The first-order chi connectivity index (χ1) is 8.91. The number of carboxylic acids is 1. The van der Waals surface area contributed by atoms with Crippen molar-refractivity contribution >= 4 is 12.0 Å². The number of carbonyl (C=O) groups is 2. The van der Waals surface area contributed by atoms with Crippen LogP contribution < -0.4 is 10.6 Å². The van der Waals surface area contributed by atoms with Crippen LogP contribution in [0.25, 0.3) is 0 Å². The van der Waals surface area contributed by atoms with Crippen molar-refractivity contribution in [3.05, 3.63) is 0 Å². The highest BCUT2D eigenvalue weighted by Crippen LogP contribution is 2.35. The molecule has 0 aromatic heterocycles. The van der Waals surface area contributed by atoms with E-state index in [1.807, 2.05) is 14.1 Å². The Morgan fingerprint density at radius 1 is 1.42 bits per heavy atom. The number of nitrogens with one attached hydrogen (secondary N) is 2. The molecular weight excluding hydrogens is 250 g/mol. The van der Waals surface area contributed by atoms with E-state index in [2.05, 4.69) is 15.5 Å². The predicted molar refractivity (Wildman–Crippen MR) is 70.1 cm³/mol. The molecule has 0 radical (unpaired) electrons. The molecule has 7 heteroatoms. The summed E-state index contributed by atoms with van der Waals surface area (Å²) in [5, 5.41) is 14.0. The molecule has 1 aliphatic carbocycles. The lowest BCUT2D eigenvalue weighted by atomic mass is 9.75. The minimum Gasteiger partial charge on any atom is -0.480 e. The maximum Gasteiger partial charge on any atom is 0.328 e. The number of carbonyl (C=O) groups excluding carboxylic acids is 1. The molecule has 110 valence electrons. The molecule has 0 heterocycles. The quantitative estimate of drug-likeness (QED) is 0.601. The number of methoxy groups -OCH3 is 1. The van der Waals surface area contributed by atoms with Crippen molar-refractivity contribution in [3.8, 4) is 0 Å². The van der Waals surface area contributed by atoms with Gasteiger partial charge in [-0.3, -0.25) is 0 Å². The minimum absolute atomic E-state index is 0.0112. The number of rotatable bonds is 7. The molecular formula is C12H23N3O4. The molecule has 0 bridgehead atoms. The molecule has 1 atom stereocenters. The van der Waals surface area contributed by atoms with Gasteiger partial charge in [-0.15, -0.1) is 0 Å². The van der Waals surface area contributed by atoms with E-state index in [1.165, 1.54) is 7.11 Å². The van der Waals surface area contributed by atoms with Gasteiger partial charge in [-0.05, 0) is 33.4 Å². The molecule has 0 spiro atoms. The number of hydrogen-bond donors (Lipinski definition) is 3. The second-order valence-electron chi connectivity index (χ2n) is 5.15. The van der Waals surface area contributed by atoms with Crippen molar-refractivity contribution in [2.75, 3.05) is 34.4 Å². The summed E-state index contributed by atoms with van der Waals surface area (Å²) in [7, 11) is 5.37. The number of amides is 2. The maximum absolute atomic E-state index is 11.7.